The van der Waals surface area contributed by atoms with Crippen LogP contribution in [-0.2, 0) is 12.8 Å². The van der Waals surface area contributed by atoms with Gasteiger partial charge in [-0.2, -0.15) is 0 Å². The van der Waals surface area contributed by atoms with Crippen LogP contribution >= 0.6 is 11.3 Å². The van der Waals surface area contributed by atoms with Gasteiger partial charge in [-0.05, 0) is 68.1 Å². The van der Waals surface area contributed by atoms with E-state index in [9.17, 15) is 0 Å². The number of benzene rings is 2. The summed E-state index contributed by atoms with van der Waals surface area (Å²) in [4.78, 5) is 9.57. The number of hydrogen-bond donors (Lipinski definition) is 0. The van der Waals surface area contributed by atoms with Gasteiger partial charge in [0.1, 0.15) is 5.75 Å². The molecule has 0 N–H and O–H groups in total. The molecule has 5 heteroatoms. The molecule has 0 aliphatic carbocycles. The highest BCUT2D eigenvalue weighted by Crippen LogP contribution is 2.44. The second kappa shape index (κ2) is 6.99. The molecular weight excluding hydrogens is 380 g/mol. The SMILES string of the molecule is CCc1c(C)cc2nc(OC(C)C)sc2c1-c1ccc2c3c(ccnc13)CCO2. The van der Waals surface area contributed by atoms with Crippen LogP contribution in [0.5, 0.6) is 10.9 Å². The van der Waals surface area contributed by atoms with Gasteiger partial charge in [-0.3, -0.25) is 4.98 Å². The Labute approximate surface area is 174 Å². The lowest BCUT2D eigenvalue weighted by molar-refractivity contribution is 0.242. The highest BCUT2D eigenvalue weighted by atomic mass is 32.1. The molecule has 2 aromatic carbocycles. The van der Waals surface area contributed by atoms with Gasteiger partial charge in [0.05, 0.1) is 28.4 Å². The summed E-state index contributed by atoms with van der Waals surface area (Å²) in [6.45, 7) is 9.18. The van der Waals surface area contributed by atoms with Gasteiger partial charge < -0.3 is 9.47 Å². The maximum Gasteiger partial charge on any atom is 0.274 e. The number of aromatic nitrogens is 2. The Morgan fingerprint density at radius 2 is 2.10 bits per heavy atom. The summed E-state index contributed by atoms with van der Waals surface area (Å²) in [7, 11) is 0. The zero-order valence-corrected chi connectivity index (χ0v) is 18.0. The summed E-state index contributed by atoms with van der Waals surface area (Å²) >= 11 is 1.63. The fraction of sp³-hybridized carbons (Fsp3) is 0.333. The first-order valence-corrected chi connectivity index (χ1v) is 11.0. The average Bonchev–Trinajstić information content (AvgIpc) is 3.09. The smallest absolute Gasteiger partial charge is 0.274 e. The molecule has 5 rings (SSSR count). The van der Waals surface area contributed by atoms with Crippen LogP contribution < -0.4 is 9.47 Å². The van der Waals surface area contributed by atoms with Gasteiger partial charge in [0.15, 0.2) is 0 Å². The van der Waals surface area contributed by atoms with Gasteiger partial charge in [0, 0.05) is 29.1 Å². The second-order valence-electron chi connectivity index (χ2n) is 7.80. The van der Waals surface area contributed by atoms with Gasteiger partial charge in [-0.25, -0.2) is 4.98 Å². The molecule has 2 aromatic heterocycles. The number of fused-ring (bicyclic) bond motifs is 1. The quantitative estimate of drug-likeness (QED) is 0.412. The number of pyridine rings is 1. The van der Waals surface area contributed by atoms with Crippen LogP contribution in [0.25, 0.3) is 32.2 Å². The van der Waals surface area contributed by atoms with Crippen molar-refractivity contribution in [2.45, 2.75) is 46.6 Å². The van der Waals surface area contributed by atoms with Crippen LogP contribution in [0.3, 0.4) is 0 Å². The lowest BCUT2D eigenvalue weighted by Crippen LogP contribution is -2.09. The van der Waals surface area contributed by atoms with Crippen LogP contribution in [0.2, 0.25) is 0 Å². The van der Waals surface area contributed by atoms with E-state index >= 15 is 0 Å². The van der Waals surface area contributed by atoms with Crippen molar-refractivity contribution in [3.8, 4) is 22.1 Å². The van der Waals surface area contributed by atoms with Crippen LogP contribution in [0.4, 0.5) is 0 Å². The predicted octanol–water partition coefficient (Wildman–Crippen LogP) is 6.10. The molecule has 29 heavy (non-hydrogen) atoms. The number of hydrogen-bond acceptors (Lipinski definition) is 5. The number of thiazole rings is 1. The fourth-order valence-electron chi connectivity index (χ4n) is 4.31. The van der Waals surface area contributed by atoms with E-state index in [0.717, 1.165) is 52.4 Å². The summed E-state index contributed by atoms with van der Waals surface area (Å²) in [5.41, 5.74) is 8.31. The molecule has 1 aliphatic rings. The molecule has 0 saturated heterocycles. The normalized spacial score (nSPS) is 13.3. The van der Waals surface area contributed by atoms with Crippen LogP contribution in [0.15, 0.2) is 30.5 Å². The van der Waals surface area contributed by atoms with Crippen molar-refractivity contribution in [2.24, 2.45) is 0 Å². The van der Waals surface area contributed by atoms with Crippen LogP contribution in [0.1, 0.15) is 37.5 Å². The summed E-state index contributed by atoms with van der Waals surface area (Å²) < 4.78 is 13.0. The highest BCUT2D eigenvalue weighted by Gasteiger charge is 2.22. The molecule has 0 bridgehead atoms. The first kappa shape index (κ1) is 18.4. The minimum atomic E-state index is 0.102. The van der Waals surface area contributed by atoms with Gasteiger partial charge in [0.25, 0.3) is 5.19 Å². The van der Waals surface area contributed by atoms with Crippen molar-refractivity contribution in [2.75, 3.05) is 6.61 Å². The molecule has 3 heterocycles. The van der Waals surface area contributed by atoms with E-state index in [-0.39, 0.29) is 6.10 Å². The Bertz CT molecular complexity index is 1230. The summed E-state index contributed by atoms with van der Waals surface area (Å²) in [5, 5.41) is 1.87. The molecule has 0 fully saturated rings. The molecular formula is C24H24N2O2S. The molecule has 0 atom stereocenters. The highest BCUT2D eigenvalue weighted by molar-refractivity contribution is 7.20. The Morgan fingerprint density at radius 1 is 1.24 bits per heavy atom. The number of rotatable bonds is 4. The minimum absolute atomic E-state index is 0.102. The summed E-state index contributed by atoms with van der Waals surface area (Å²) in [5.74, 6) is 0.938. The monoisotopic (exact) mass is 404 g/mol. The maximum atomic E-state index is 5.93. The van der Waals surface area contributed by atoms with Gasteiger partial charge in [0.2, 0.25) is 0 Å². The molecule has 0 amide bonds. The third-order valence-corrected chi connectivity index (χ3v) is 6.50. The summed E-state index contributed by atoms with van der Waals surface area (Å²) in [6.07, 6.45) is 3.90. The van der Waals surface area contributed by atoms with Crippen LogP contribution in [0, 0.1) is 6.92 Å². The Hall–Kier alpha value is -2.66. The molecule has 4 nitrogen and oxygen atoms in total. The van der Waals surface area contributed by atoms with Gasteiger partial charge in [-0.1, -0.05) is 18.3 Å². The zero-order chi connectivity index (χ0) is 20.1. The van der Waals surface area contributed by atoms with Crippen LogP contribution in [-0.4, -0.2) is 22.7 Å². The lowest BCUT2D eigenvalue weighted by atomic mass is 9.90. The first-order valence-electron chi connectivity index (χ1n) is 10.2. The van der Waals surface area contributed by atoms with E-state index in [1.807, 2.05) is 20.0 Å². The van der Waals surface area contributed by atoms with Gasteiger partial charge >= 0.3 is 0 Å². The van der Waals surface area contributed by atoms with Crippen molar-refractivity contribution in [3.63, 3.8) is 0 Å². The third kappa shape index (κ3) is 2.96. The number of nitrogens with zero attached hydrogens (tertiary/aromatic N) is 2. The standard InChI is InChI=1S/C24H24N2O2S/c1-5-16-14(4)12-18-23(29-24(26-18)28-13(2)3)21(16)17-6-7-19-20-15(9-11-27-19)8-10-25-22(17)20/h6-8,10,12-13H,5,9,11H2,1-4H3. The van der Waals surface area contributed by atoms with Gasteiger partial charge in [-0.15, -0.1) is 0 Å². The molecule has 1 aliphatic heterocycles. The first-order chi connectivity index (χ1) is 14.1. The summed E-state index contributed by atoms with van der Waals surface area (Å²) in [6, 6.07) is 8.56. The minimum Gasteiger partial charge on any atom is -0.493 e. The van der Waals surface area contributed by atoms with Crippen molar-refractivity contribution in [1.82, 2.24) is 9.97 Å². The fourth-order valence-corrected chi connectivity index (χ4v) is 5.41. The van der Waals surface area contributed by atoms with Crippen molar-refractivity contribution in [1.29, 1.82) is 0 Å². The second-order valence-corrected chi connectivity index (χ2v) is 8.76. The van der Waals surface area contributed by atoms with E-state index in [1.165, 1.54) is 27.0 Å². The molecule has 0 radical (unpaired) electrons. The van der Waals surface area contributed by atoms with E-state index in [0.29, 0.717) is 0 Å². The zero-order valence-electron chi connectivity index (χ0n) is 17.2. The molecule has 0 unspecified atom stereocenters. The molecule has 0 saturated carbocycles. The van der Waals surface area contributed by atoms with E-state index < -0.39 is 0 Å². The Kier molecular flexibility index (Phi) is 4.43. The maximum absolute atomic E-state index is 5.93. The Morgan fingerprint density at radius 3 is 2.90 bits per heavy atom. The molecule has 4 aromatic rings. The largest absolute Gasteiger partial charge is 0.493 e. The topological polar surface area (TPSA) is 44.2 Å². The third-order valence-electron chi connectivity index (χ3n) is 5.52. The van der Waals surface area contributed by atoms with Crippen molar-refractivity contribution < 1.29 is 9.47 Å². The predicted molar refractivity (Wildman–Crippen MR) is 119 cm³/mol. The van der Waals surface area contributed by atoms with E-state index in [4.69, 9.17) is 19.4 Å². The lowest BCUT2D eigenvalue weighted by Gasteiger charge is -2.20. The average molecular weight is 405 g/mol. The van der Waals surface area contributed by atoms with Crippen molar-refractivity contribution >= 4 is 32.5 Å². The number of aryl methyl sites for hydroxylation is 1. The molecule has 0 spiro atoms. The van der Waals surface area contributed by atoms with E-state index in [2.05, 4.69) is 38.1 Å². The van der Waals surface area contributed by atoms with Crippen molar-refractivity contribution in [3.05, 3.63) is 47.2 Å². The number of ether oxygens (including phenoxy) is 2. The Balaban J connectivity index is 1.85. The molecule has 148 valence electrons. The van der Waals surface area contributed by atoms with E-state index in [1.54, 1.807) is 11.3 Å².